The molecule has 0 aromatic rings. The van der Waals surface area contributed by atoms with Crippen LogP contribution in [0.2, 0.25) is 0 Å². The average molecular weight is 244 g/mol. The minimum Gasteiger partial charge on any atom is -0.338 e. The fraction of sp³-hybridized carbons (Fsp3) is 0.818. The second-order valence-corrected chi connectivity index (χ2v) is 3.96. The van der Waals surface area contributed by atoms with E-state index in [0.717, 1.165) is 19.5 Å². The Hall–Kier alpha value is -1.14. The SMILES string of the molecule is CCNC(=O)NC(=O)C(C)N(C)CCCNC. The normalized spacial score (nSPS) is 12.3. The molecule has 1 atom stereocenters. The minimum atomic E-state index is -0.437. The van der Waals surface area contributed by atoms with E-state index in [1.165, 1.54) is 0 Å². The van der Waals surface area contributed by atoms with E-state index in [-0.39, 0.29) is 11.9 Å². The maximum Gasteiger partial charge on any atom is 0.321 e. The quantitative estimate of drug-likeness (QED) is 0.541. The number of carbonyl (C=O) groups is 2. The van der Waals surface area contributed by atoms with Crippen molar-refractivity contribution in [1.29, 1.82) is 0 Å². The van der Waals surface area contributed by atoms with Crippen molar-refractivity contribution in [3.8, 4) is 0 Å². The molecule has 17 heavy (non-hydrogen) atoms. The van der Waals surface area contributed by atoms with Crippen molar-refractivity contribution < 1.29 is 9.59 Å². The van der Waals surface area contributed by atoms with E-state index in [1.807, 2.05) is 19.0 Å². The first-order valence-corrected chi connectivity index (χ1v) is 5.96. The summed E-state index contributed by atoms with van der Waals surface area (Å²) in [5, 5.41) is 7.88. The third-order valence-electron chi connectivity index (χ3n) is 2.55. The lowest BCUT2D eigenvalue weighted by Crippen LogP contribution is -2.48. The molecule has 0 aromatic carbocycles. The van der Waals surface area contributed by atoms with Gasteiger partial charge in [-0.3, -0.25) is 15.0 Å². The van der Waals surface area contributed by atoms with Gasteiger partial charge in [-0.25, -0.2) is 4.79 Å². The molecule has 100 valence electrons. The monoisotopic (exact) mass is 244 g/mol. The molecular weight excluding hydrogens is 220 g/mol. The van der Waals surface area contributed by atoms with E-state index >= 15 is 0 Å². The van der Waals surface area contributed by atoms with Gasteiger partial charge in [0.2, 0.25) is 5.91 Å². The predicted molar refractivity (Wildman–Crippen MR) is 67.9 cm³/mol. The number of hydrogen-bond acceptors (Lipinski definition) is 4. The van der Waals surface area contributed by atoms with Gasteiger partial charge in [0.15, 0.2) is 0 Å². The number of nitrogens with one attached hydrogen (secondary N) is 3. The largest absolute Gasteiger partial charge is 0.338 e. The number of hydrogen-bond donors (Lipinski definition) is 3. The Kier molecular flexibility index (Phi) is 8.35. The first kappa shape index (κ1) is 15.9. The van der Waals surface area contributed by atoms with E-state index < -0.39 is 6.03 Å². The van der Waals surface area contributed by atoms with E-state index in [1.54, 1.807) is 13.8 Å². The van der Waals surface area contributed by atoms with Crippen molar-refractivity contribution in [2.75, 3.05) is 33.7 Å². The van der Waals surface area contributed by atoms with Crippen LogP contribution in [0.5, 0.6) is 0 Å². The molecule has 6 nitrogen and oxygen atoms in total. The Morgan fingerprint density at radius 2 is 2.00 bits per heavy atom. The van der Waals surface area contributed by atoms with E-state index in [2.05, 4.69) is 16.0 Å². The first-order chi connectivity index (χ1) is 8.02. The Morgan fingerprint density at radius 3 is 2.53 bits per heavy atom. The van der Waals surface area contributed by atoms with Crippen LogP contribution in [-0.2, 0) is 4.79 Å². The van der Waals surface area contributed by atoms with Gasteiger partial charge in [-0.05, 0) is 47.5 Å². The van der Waals surface area contributed by atoms with Gasteiger partial charge in [0, 0.05) is 6.54 Å². The van der Waals surface area contributed by atoms with Crippen LogP contribution in [0.3, 0.4) is 0 Å². The number of carbonyl (C=O) groups excluding carboxylic acids is 2. The lowest BCUT2D eigenvalue weighted by atomic mass is 10.2. The van der Waals surface area contributed by atoms with Gasteiger partial charge in [0.25, 0.3) is 0 Å². The molecule has 0 aromatic heterocycles. The summed E-state index contributed by atoms with van der Waals surface area (Å²) in [6, 6.07) is -0.748. The maximum atomic E-state index is 11.7. The van der Waals surface area contributed by atoms with Crippen molar-refractivity contribution in [3.05, 3.63) is 0 Å². The van der Waals surface area contributed by atoms with Crippen LogP contribution >= 0.6 is 0 Å². The lowest BCUT2D eigenvalue weighted by Gasteiger charge is -2.23. The smallest absolute Gasteiger partial charge is 0.321 e. The summed E-state index contributed by atoms with van der Waals surface area (Å²) >= 11 is 0. The average Bonchev–Trinajstić information content (AvgIpc) is 2.28. The molecule has 0 heterocycles. The van der Waals surface area contributed by atoms with Gasteiger partial charge < -0.3 is 10.6 Å². The van der Waals surface area contributed by atoms with Gasteiger partial charge in [-0.2, -0.15) is 0 Å². The number of rotatable bonds is 7. The molecule has 3 N–H and O–H groups in total. The standard InChI is InChI=1S/C11H24N4O2/c1-5-13-11(17)14-10(16)9(2)15(4)8-6-7-12-3/h9,12H,5-8H2,1-4H3,(H2,13,14,16,17). The highest BCUT2D eigenvalue weighted by Crippen LogP contribution is 1.96. The summed E-state index contributed by atoms with van der Waals surface area (Å²) in [4.78, 5) is 24.8. The van der Waals surface area contributed by atoms with Crippen LogP contribution in [-0.4, -0.2) is 56.6 Å². The van der Waals surface area contributed by atoms with Crippen molar-refractivity contribution in [2.45, 2.75) is 26.3 Å². The van der Waals surface area contributed by atoms with Crippen molar-refractivity contribution >= 4 is 11.9 Å². The molecule has 0 spiro atoms. The summed E-state index contributed by atoms with van der Waals surface area (Å²) < 4.78 is 0. The summed E-state index contributed by atoms with van der Waals surface area (Å²) in [7, 11) is 3.77. The molecule has 0 aliphatic carbocycles. The molecule has 3 amide bonds. The van der Waals surface area contributed by atoms with E-state index in [4.69, 9.17) is 0 Å². The number of likely N-dealkylation sites (N-methyl/N-ethyl adjacent to an activating group) is 1. The molecule has 0 rings (SSSR count). The lowest BCUT2D eigenvalue weighted by molar-refractivity contribution is -0.124. The Balaban J connectivity index is 3.97. The number of imide groups is 1. The highest BCUT2D eigenvalue weighted by Gasteiger charge is 2.19. The first-order valence-electron chi connectivity index (χ1n) is 5.96. The Bertz CT molecular complexity index is 246. The second-order valence-electron chi connectivity index (χ2n) is 3.96. The zero-order valence-electron chi connectivity index (χ0n) is 11.2. The zero-order chi connectivity index (χ0) is 13.3. The summed E-state index contributed by atoms with van der Waals surface area (Å²) in [6.07, 6.45) is 0.964. The predicted octanol–water partition coefficient (Wildman–Crippen LogP) is -0.238. The third-order valence-corrected chi connectivity index (χ3v) is 2.55. The zero-order valence-corrected chi connectivity index (χ0v) is 11.2. The van der Waals surface area contributed by atoms with E-state index in [9.17, 15) is 9.59 Å². The van der Waals surface area contributed by atoms with Gasteiger partial charge in [-0.1, -0.05) is 0 Å². The van der Waals surface area contributed by atoms with Crippen LogP contribution in [0.25, 0.3) is 0 Å². The van der Waals surface area contributed by atoms with Gasteiger partial charge in [0.1, 0.15) is 0 Å². The van der Waals surface area contributed by atoms with Gasteiger partial charge in [0.05, 0.1) is 6.04 Å². The molecule has 0 bridgehead atoms. The van der Waals surface area contributed by atoms with Crippen LogP contribution < -0.4 is 16.0 Å². The summed E-state index contributed by atoms with van der Waals surface area (Å²) in [5.41, 5.74) is 0. The fourth-order valence-electron chi connectivity index (χ4n) is 1.32. The van der Waals surface area contributed by atoms with Crippen molar-refractivity contribution in [1.82, 2.24) is 20.9 Å². The Morgan fingerprint density at radius 1 is 1.35 bits per heavy atom. The van der Waals surface area contributed by atoms with Crippen molar-refractivity contribution in [3.63, 3.8) is 0 Å². The number of amides is 3. The maximum absolute atomic E-state index is 11.7. The highest BCUT2D eigenvalue weighted by atomic mass is 16.2. The van der Waals surface area contributed by atoms with Crippen LogP contribution in [0.1, 0.15) is 20.3 Å². The third kappa shape index (κ3) is 6.91. The molecule has 0 fully saturated rings. The van der Waals surface area contributed by atoms with Crippen molar-refractivity contribution in [2.24, 2.45) is 0 Å². The molecule has 0 saturated carbocycles. The van der Waals surface area contributed by atoms with Crippen LogP contribution in [0, 0.1) is 0 Å². The van der Waals surface area contributed by atoms with E-state index in [0.29, 0.717) is 6.54 Å². The molecule has 0 aliphatic rings. The van der Waals surface area contributed by atoms with Crippen LogP contribution in [0.15, 0.2) is 0 Å². The topological polar surface area (TPSA) is 73.5 Å². The highest BCUT2D eigenvalue weighted by molar-refractivity contribution is 5.96. The molecule has 0 aliphatic heterocycles. The minimum absolute atomic E-state index is 0.275. The fourth-order valence-corrected chi connectivity index (χ4v) is 1.32. The summed E-state index contributed by atoms with van der Waals surface area (Å²) in [5.74, 6) is -0.275. The molecule has 1 unspecified atom stereocenters. The number of nitrogens with zero attached hydrogens (tertiary/aromatic N) is 1. The summed E-state index contributed by atoms with van der Waals surface area (Å²) in [6.45, 7) is 5.82. The van der Waals surface area contributed by atoms with Crippen LogP contribution in [0.4, 0.5) is 4.79 Å². The van der Waals surface area contributed by atoms with Gasteiger partial charge >= 0.3 is 6.03 Å². The second kappa shape index (κ2) is 8.95. The molecule has 0 saturated heterocycles. The molecule has 6 heteroatoms. The molecular formula is C11H24N4O2. The molecule has 0 radical (unpaired) electrons. The number of urea groups is 1. The van der Waals surface area contributed by atoms with Gasteiger partial charge in [-0.15, -0.1) is 0 Å². The Labute approximate surface area is 103 Å².